The molecule has 126 valence electrons. The molecular formula is C17H19BrN4O2. The Kier molecular flexibility index (Phi) is 4.04. The number of carbonyl (C=O) groups is 2. The number of halogens is 1. The molecule has 2 aliphatic heterocycles. The van der Waals surface area contributed by atoms with Gasteiger partial charge in [-0.25, -0.2) is 0 Å². The van der Waals surface area contributed by atoms with Crippen LogP contribution >= 0.6 is 15.9 Å². The highest BCUT2D eigenvalue weighted by Gasteiger charge is 2.40. The fourth-order valence-electron chi connectivity index (χ4n) is 3.28. The van der Waals surface area contributed by atoms with E-state index in [0.717, 1.165) is 54.6 Å². The Morgan fingerprint density at radius 3 is 2.62 bits per heavy atom. The average Bonchev–Trinajstić information content (AvgIpc) is 3.32. The SMILES string of the molecule is O=CC1NN=C(CC2CN(C(=O)C3CC3)C2)N1c1ccc(Br)cc1. The second-order valence-corrected chi connectivity index (χ2v) is 7.59. The van der Waals surface area contributed by atoms with Crippen LogP contribution in [0, 0.1) is 11.8 Å². The van der Waals surface area contributed by atoms with Crippen molar-refractivity contribution >= 4 is 39.6 Å². The highest BCUT2D eigenvalue weighted by atomic mass is 79.9. The van der Waals surface area contributed by atoms with E-state index < -0.39 is 6.17 Å². The van der Waals surface area contributed by atoms with Gasteiger partial charge in [0.05, 0.1) is 0 Å². The summed E-state index contributed by atoms with van der Waals surface area (Å²) in [6.45, 7) is 1.60. The van der Waals surface area contributed by atoms with Crippen molar-refractivity contribution in [3.05, 3.63) is 28.7 Å². The first-order chi connectivity index (χ1) is 11.7. The minimum Gasteiger partial charge on any atom is -0.342 e. The van der Waals surface area contributed by atoms with E-state index in [1.165, 1.54) is 0 Å². The standard InChI is InChI=1S/C17H19BrN4O2/c18-13-3-5-14(6-4-13)22-15(19-20-16(22)10-23)7-11-8-21(9-11)17(24)12-1-2-12/h3-6,10-12,16,20H,1-2,7-9H2. The summed E-state index contributed by atoms with van der Waals surface area (Å²) in [4.78, 5) is 27.3. The third-order valence-electron chi connectivity index (χ3n) is 4.78. The van der Waals surface area contributed by atoms with Gasteiger partial charge in [-0.3, -0.25) is 19.9 Å². The number of amides is 1. The van der Waals surface area contributed by atoms with E-state index in [1.54, 1.807) is 0 Å². The van der Waals surface area contributed by atoms with Gasteiger partial charge in [-0.2, -0.15) is 5.10 Å². The predicted molar refractivity (Wildman–Crippen MR) is 94.5 cm³/mol. The molecule has 4 rings (SSSR count). The fraction of sp³-hybridized carbons (Fsp3) is 0.471. The lowest BCUT2D eigenvalue weighted by Crippen LogP contribution is -2.52. The molecule has 1 aromatic carbocycles. The number of hydrogen-bond acceptors (Lipinski definition) is 5. The summed E-state index contributed by atoms with van der Waals surface area (Å²) in [5.41, 5.74) is 3.82. The third-order valence-corrected chi connectivity index (χ3v) is 5.31. The van der Waals surface area contributed by atoms with Crippen molar-refractivity contribution in [2.24, 2.45) is 16.9 Å². The summed E-state index contributed by atoms with van der Waals surface area (Å²) < 4.78 is 0.993. The molecule has 2 heterocycles. The molecule has 1 amide bonds. The second kappa shape index (κ2) is 6.20. The molecule has 2 fully saturated rings. The van der Waals surface area contributed by atoms with Gasteiger partial charge in [0.2, 0.25) is 5.91 Å². The highest BCUT2D eigenvalue weighted by Crippen LogP contribution is 2.34. The van der Waals surface area contributed by atoms with Crippen LogP contribution in [0.2, 0.25) is 0 Å². The summed E-state index contributed by atoms with van der Waals surface area (Å²) in [6, 6.07) is 7.83. The van der Waals surface area contributed by atoms with Crippen LogP contribution in [-0.2, 0) is 9.59 Å². The first-order valence-corrected chi connectivity index (χ1v) is 9.06. The van der Waals surface area contributed by atoms with Crippen molar-refractivity contribution in [1.82, 2.24) is 10.3 Å². The van der Waals surface area contributed by atoms with Crippen molar-refractivity contribution in [1.29, 1.82) is 0 Å². The lowest BCUT2D eigenvalue weighted by Gasteiger charge is -2.40. The van der Waals surface area contributed by atoms with Crippen LogP contribution in [0.5, 0.6) is 0 Å². The van der Waals surface area contributed by atoms with E-state index in [-0.39, 0.29) is 5.92 Å². The van der Waals surface area contributed by atoms with Crippen LogP contribution in [0.1, 0.15) is 19.3 Å². The second-order valence-electron chi connectivity index (χ2n) is 6.67. The topological polar surface area (TPSA) is 65.0 Å². The Hall–Kier alpha value is -1.89. The van der Waals surface area contributed by atoms with Gasteiger partial charge >= 0.3 is 0 Å². The summed E-state index contributed by atoms with van der Waals surface area (Å²) >= 11 is 3.43. The first kappa shape index (κ1) is 15.6. The molecule has 1 unspecified atom stereocenters. The maximum Gasteiger partial charge on any atom is 0.225 e. The van der Waals surface area contributed by atoms with Gasteiger partial charge in [0, 0.05) is 41.5 Å². The molecule has 1 N–H and O–H groups in total. The van der Waals surface area contributed by atoms with Crippen molar-refractivity contribution in [3.8, 4) is 0 Å². The lowest BCUT2D eigenvalue weighted by molar-refractivity contribution is -0.138. The van der Waals surface area contributed by atoms with E-state index in [9.17, 15) is 9.59 Å². The van der Waals surface area contributed by atoms with E-state index >= 15 is 0 Å². The summed E-state index contributed by atoms with van der Waals surface area (Å²) in [7, 11) is 0. The van der Waals surface area contributed by atoms with Gasteiger partial charge < -0.3 is 4.90 Å². The maximum absolute atomic E-state index is 12.0. The van der Waals surface area contributed by atoms with Crippen molar-refractivity contribution in [2.75, 3.05) is 18.0 Å². The smallest absolute Gasteiger partial charge is 0.225 e. The van der Waals surface area contributed by atoms with Crippen LogP contribution in [0.25, 0.3) is 0 Å². The number of nitrogens with zero attached hydrogens (tertiary/aromatic N) is 3. The Morgan fingerprint density at radius 1 is 1.29 bits per heavy atom. The number of hydrazone groups is 1. The fourth-order valence-corrected chi connectivity index (χ4v) is 3.55. The predicted octanol–water partition coefficient (Wildman–Crippen LogP) is 1.96. The van der Waals surface area contributed by atoms with Crippen LogP contribution in [0.15, 0.2) is 33.8 Å². The van der Waals surface area contributed by atoms with E-state index in [1.807, 2.05) is 34.1 Å². The zero-order valence-electron chi connectivity index (χ0n) is 13.2. The zero-order valence-corrected chi connectivity index (χ0v) is 14.8. The molecule has 1 aliphatic carbocycles. The summed E-state index contributed by atoms with van der Waals surface area (Å²) in [5.74, 6) is 1.87. The highest BCUT2D eigenvalue weighted by molar-refractivity contribution is 9.10. The molecule has 7 heteroatoms. The zero-order chi connectivity index (χ0) is 16.7. The van der Waals surface area contributed by atoms with Gasteiger partial charge in [0.15, 0.2) is 12.5 Å². The van der Waals surface area contributed by atoms with Crippen LogP contribution < -0.4 is 10.3 Å². The van der Waals surface area contributed by atoms with E-state index in [2.05, 4.69) is 26.5 Å². The van der Waals surface area contributed by atoms with Crippen LogP contribution in [-0.4, -0.2) is 42.2 Å². The van der Waals surface area contributed by atoms with Gasteiger partial charge in [0.1, 0.15) is 5.84 Å². The number of rotatable bonds is 5. The monoisotopic (exact) mass is 390 g/mol. The molecule has 1 saturated carbocycles. The van der Waals surface area contributed by atoms with Gasteiger partial charge in [-0.05, 0) is 37.1 Å². The van der Waals surface area contributed by atoms with Gasteiger partial charge in [-0.1, -0.05) is 15.9 Å². The number of aldehydes is 1. The maximum atomic E-state index is 12.0. The molecule has 0 spiro atoms. The minimum atomic E-state index is -0.467. The minimum absolute atomic E-state index is 0.287. The molecule has 1 saturated heterocycles. The van der Waals surface area contributed by atoms with Crippen molar-refractivity contribution in [3.63, 3.8) is 0 Å². The van der Waals surface area contributed by atoms with Gasteiger partial charge in [-0.15, -0.1) is 0 Å². The van der Waals surface area contributed by atoms with Crippen LogP contribution in [0.3, 0.4) is 0 Å². The lowest BCUT2D eigenvalue weighted by atomic mass is 9.94. The molecule has 24 heavy (non-hydrogen) atoms. The number of nitrogens with one attached hydrogen (secondary N) is 1. The van der Waals surface area contributed by atoms with E-state index in [4.69, 9.17) is 0 Å². The van der Waals surface area contributed by atoms with Crippen molar-refractivity contribution < 1.29 is 9.59 Å². The number of anilines is 1. The van der Waals surface area contributed by atoms with E-state index in [0.29, 0.717) is 11.8 Å². The molecule has 0 radical (unpaired) electrons. The molecule has 1 aromatic rings. The van der Waals surface area contributed by atoms with Crippen molar-refractivity contribution in [2.45, 2.75) is 25.4 Å². The Morgan fingerprint density at radius 2 is 2.00 bits per heavy atom. The normalized spacial score (nSPS) is 23.5. The third kappa shape index (κ3) is 2.92. The quantitative estimate of drug-likeness (QED) is 0.780. The number of amidine groups is 1. The number of benzene rings is 1. The Labute approximate surface area is 149 Å². The molecule has 1 atom stereocenters. The van der Waals surface area contributed by atoms with Gasteiger partial charge in [0.25, 0.3) is 0 Å². The summed E-state index contributed by atoms with van der Waals surface area (Å²) in [6.07, 6.45) is 3.26. The molecule has 0 bridgehead atoms. The number of likely N-dealkylation sites (tertiary alicyclic amines) is 1. The Bertz CT molecular complexity index is 680. The molecule has 0 aromatic heterocycles. The molecular weight excluding hydrogens is 372 g/mol. The summed E-state index contributed by atoms with van der Waals surface area (Å²) in [5, 5.41) is 4.35. The molecule has 3 aliphatic rings. The first-order valence-electron chi connectivity index (χ1n) is 8.26. The molecule has 6 nitrogen and oxygen atoms in total. The Balaban J connectivity index is 1.41. The number of hydrogen-bond donors (Lipinski definition) is 1. The number of carbonyl (C=O) groups excluding carboxylic acids is 2. The average molecular weight is 391 g/mol. The van der Waals surface area contributed by atoms with Crippen LogP contribution in [0.4, 0.5) is 5.69 Å². The largest absolute Gasteiger partial charge is 0.342 e.